The molecule has 0 spiro atoms. The van der Waals surface area contributed by atoms with Crippen molar-refractivity contribution in [2.45, 2.75) is 19.4 Å². The molecule has 0 aromatic carbocycles. The molecule has 15 heavy (non-hydrogen) atoms. The summed E-state index contributed by atoms with van der Waals surface area (Å²) in [6.07, 6.45) is 3.10. The molecule has 2 atom stereocenters. The molecule has 1 rings (SSSR count). The van der Waals surface area contributed by atoms with Crippen LogP contribution in [-0.2, 0) is 15.1 Å². The van der Waals surface area contributed by atoms with E-state index in [0.29, 0.717) is 0 Å². The highest BCUT2D eigenvalue weighted by atomic mass is 16.4. The molecule has 0 radical (unpaired) electrons. The Morgan fingerprint density at radius 3 is 2.07 bits per heavy atom. The highest BCUT2D eigenvalue weighted by Gasteiger charge is 2.44. The van der Waals surface area contributed by atoms with Gasteiger partial charge in [-0.25, -0.2) is 4.79 Å². The van der Waals surface area contributed by atoms with Gasteiger partial charge < -0.3 is 14.8 Å². The fourth-order valence-corrected chi connectivity index (χ4v) is 1.40. The van der Waals surface area contributed by atoms with Gasteiger partial charge in [-0.15, -0.1) is 0 Å². The number of hydrogen-bond acceptors (Lipinski definition) is 2. The van der Waals surface area contributed by atoms with E-state index in [1.165, 1.54) is 18.4 Å². The monoisotopic (exact) mass is 211 g/mol. The maximum atomic E-state index is 11.2. The van der Waals surface area contributed by atoms with E-state index < -0.39 is 23.4 Å². The molecule has 1 aromatic heterocycles. The molecule has 1 heterocycles. The molecular weight excluding hydrogens is 198 g/mol. The third-order valence-corrected chi connectivity index (χ3v) is 2.79. The minimum Gasteiger partial charge on any atom is -0.481 e. The van der Waals surface area contributed by atoms with Crippen molar-refractivity contribution in [2.75, 3.05) is 0 Å². The number of aromatic nitrogens is 1. The molecule has 0 saturated carbocycles. The highest BCUT2D eigenvalue weighted by Crippen LogP contribution is 2.26. The van der Waals surface area contributed by atoms with Crippen molar-refractivity contribution >= 4 is 11.9 Å². The number of carboxylic acid groups (broad SMARTS) is 2. The fraction of sp³-hybridized carbons (Fsp3) is 0.400. The zero-order chi connectivity index (χ0) is 11.6. The van der Waals surface area contributed by atoms with Crippen molar-refractivity contribution in [3.05, 3.63) is 24.5 Å². The maximum Gasteiger partial charge on any atom is 0.330 e. The first-order valence-corrected chi connectivity index (χ1v) is 4.50. The first-order chi connectivity index (χ1) is 6.90. The van der Waals surface area contributed by atoms with Crippen LogP contribution in [-0.4, -0.2) is 26.7 Å². The summed E-state index contributed by atoms with van der Waals surface area (Å²) in [6, 6.07) is 3.32. The summed E-state index contributed by atoms with van der Waals surface area (Å²) < 4.78 is 1.40. The summed E-state index contributed by atoms with van der Waals surface area (Å²) >= 11 is 0. The standard InChI is InChI=1S/C10H13NO4/c1-7(8(12)13)10(2,9(14)15)11-5-3-4-6-11/h3-7H,1-2H3,(H,12,13)(H,14,15)/t7?,10-/m0/s1. The lowest BCUT2D eigenvalue weighted by Gasteiger charge is -2.30. The molecule has 5 nitrogen and oxygen atoms in total. The third kappa shape index (κ3) is 1.72. The van der Waals surface area contributed by atoms with E-state index in [1.54, 1.807) is 24.5 Å². The quantitative estimate of drug-likeness (QED) is 0.778. The fourth-order valence-electron chi connectivity index (χ4n) is 1.40. The topological polar surface area (TPSA) is 79.5 Å². The summed E-state index contributed by atoms with van der Waals surface area (Å²) in [7, 11) is 0. The number of carboxylic acids is 2. The van der Waals surface area contributed by atoms with Crippen LogP contribution in [0.2, 0.25) is 0 Å². The molecule has 1 unspecified atom stereocenters. The molecule has 1 aromatic rings. The van der Waals surface area contributed by atoms with Crippen molar-refractivity contribution in [3.8, 4) is 0 Å². The van der Waals surface area contributed by atoms with Gasteiger partial charge >= 0.3 is 11.9 Å². The molecule has 0 aliphatic carbocycles. The van der Waals surface area contributed by atoms with E-state index in [4.69, 9.17) is 10.2 Å². The van der Waals surface area contributed by atoms with Crippen molar-refractivity contribution < 1.29 is 19.8 Å². The number of hydrogen-bond donors (Lipinski definition) is 2. The minimum absolute atomic E-state index is 1.01. The highest BCUT2D eigenvalue weighted by molar-refractivity contribution is 5.84. The Hall–Kier alpha value is -1.78. The predicted octanol–water partition coefficient (Wildman–Crippen LogP) is 1.01. The third-order valence-electron chi connectivity index (χ3n) is 2.79. The van der Waals surface area contributed by atoms with Crippen LogP contribution in [0.1, 0.15) is 13.8 Å². The van der Waals surface area contributed by atoms with E-state index in [0.717, 1.165) is 0 Å². The van der Waals surface area contributed by atoms with Gasteiger partial charge in [0, 0.05) is 12.4 Å². The van der Waals surface area contributed by atoms with E-state index in [1.807, 2.05) is 0 Å². The lowest BCUT2D eigenvalue weighted by molar-refractivity contribution is -0.158. The molecule has 82 valence electrons. The first-order valence-electron chi connectivity index (χ1n) is 4.50. The Bertz CT molecular complexity index is 371. The van der Waals surface area contributed by atoms with E-state index in [2.05, 4.69) is 0 Å². The largest absolute Gasteiger partial charge is 0.481 e. The van der Waals surface area contributed by atoms with Crippen LogP contribution in [0.4, 0.5) is 0 Å². The minimum atomic E-state index is -1.46. The van der Waals surface area contributed by atoms with Crippen LogP contribution in [0.15, 0.2) is 24.5 Å². The molecule has 0 aliphatic rings. The number of carbonyl (C=O) groups is 2. The van der Waals surface area contributed by atoms with Gasteiger partial charge in [-0.05, 0) is 26.0 Å². The van der Waals surface area contributed by atoms with Crippen LogP contribution < -0.4 is 0 Å². The first kappa shape index (κ1) is 11.3. The summed E-state index contributed by atoms with van der Waals surface area (Å²) in [6.45, 7) is 2.78. The molecular formula is C10H13NO4. The van der Waals surface area contributed by atoms with Crippen LogP contribution in [0.25, 0.3) is 0 Å². The van der Waals surface area contributed by atoms with E-state index >= 15 is 0 Å². The Morgan fingerprint density at radius 1 is 1.27 bits per heavy atom. The van der Waals surface area contributed by atoms with Crippen LogP contribution >= 0.6 is 0 Å². The average Bonchev–Trinajstić information content (AvgIpc) is 2.67. The van der Waals surface area contributed by atoms with Gasteiger partial charge in [-0.1, -0.05) is 0 Å². The molecule has 0 bridgehead atoms. The Balaban J connectivity index is 3.21. The van der Waals surface area contributed by atoms with Gasteiger partial charge in [0.05, 0.1) is 5.92 Å². The molecule has 0 saturated heterocycles. The van der Waals surface area contributed by atoms with Crippen LogP contribution in [0.3, 0.4) is 0 Å². The summed E-state index contributed by atoms with van der Waals surface area (Å²) in [5.74, 6) is -3.30. The molecule has 0 fully saturated rings. The van der Waals surface area contributed by atoms with Gasteiger partial charge in [0.1, 0.15) is 0 Å². The molecule has 2 N–H and O–H groups in total. The molecule has 0 amide bonds. The van der Waals surface area contributed by atoms with Gasteiger partial charge in [0.2, 0.25) is 0 Å². The normalized spacial score (nSPS) is 16.7. The number of aliphatic carboxylic acids is 2. The Morgan fingerprint density at radius 2 is 1.73 bits per heavy atom. The maximum absolute atomic E-state index is 11.2. The molecule has 5 heteroatoms. The van der Waals surface area contributed by atoms with Crippen LogP contribution in [0.5, 0.6) is 0 Å². The summed E-state index contributed by atoms with van der Waals surface area (Å²) in [4.78, 5) is 22.1. The van der Waals surface area contributed by atoms with Crippen molar-refractivity contribution in [3.63, 3.8) is 0 Å². The second kappa shape index (κ2) is 3.76. The SMILES string of the molecule is CC(C(=O)O)[C@@](C)(C(=O)O)n1cccc1. The number of rotatable bonds is 4. The van der Waals surface area contributed by atoms with Gasteiger partial charge in [0.15, 0.2) is 5.54 Å². The van der Waals surface area contributed by atoms with Crippen molar-refractivity contribution in [1.82, 2.24) is 4.57 Å². The van der Waals surface area contributed by atoms with Gasteiger partial charge in [0.25, 0.3) is 0 Å². The summed E-state index contributed by atoms with van der Waals surface area (Å²) in [5, 5.41) is 18.0. The second-order valence-corrected chi connectivity index (χ2v) is 3.60. The average molecular weight is 211 g/mol. The second-order valence-electron chi connectivity index (χ2n) is 3.60. The van der Waals surface area contributed by atoms with E-state index in [-0.39, 0.29) is 0 Å². The predicted molar refractivity (Wildman–Crippen MR) is 52.5 cm³/mol. The van der Waals surface area contributed by atoms with Gasteiger partial charge in [-0.2, -0.15) is 0 Å². The summed E-state index contributed by atoms with van der Waals surface area (Å²) in [5.41, 5.74) is -1.46. The number of nitrogens with zero attached hydrogens (tertiary/aromatic N) is 1. The Labute approximate surface area is 87.0 Å². The Kier molecular flexibility index (Phi) is 2.83. The zero-order valence-corrected chi connectivity index (χ0v) is 8.54. The van der Waals surface area contributed by atoms with Gasteiger partial charge in [-0.3, -0.25) is 4.79 Å². The lowest BCUT2D eigenvalue weighted by Crippen LogP contribution is -2.47. The van der Waals surface area contributed by atoms with Crippen molar-refractivity contribution in [2.24, 2.45) is 5.92 Å². The smallest absolute Gasteiger partial charge is 0.330 e. The van der Waals surface area contributed by atoms with Crippen molar-refractivity contribution in [1.29, 1.82) is 0 Å². The zero-order valence-electron chi connectivity index (χ0n) is 8.54. The van der Waals surface area contributed by atoms with E-state index in [9.17, 15) is 9.59 Å². The molecule has 0 aliphatic heterocycles. The van der Waals surface area contributed by atoms with Crippen LogP contribution in [0, 0.1) is 5.92 Å². The lowest BCUT2D eigenvalue weighted by atomic mass is 9.87.